The van der Waals surface area contributed by atoms with Gasteiger partial charge in [0.2, 0.25) is 21.8 Å². The molecule has 1 aromatic carbocycles. The molecule has 1 fully saturated rings. The van der Waals surface area contributed by atoms with Crippen molar-refractivity contribution in [2.24, 2.45) is 0 Å². The lowest BCUT2D eigenvalue weighted by Gasteiger charge is -2.34. The molecule has 30 heavy (non-hydrogen) atoms. The lowest BCUT2D eigenvalue weighted by atomic mass is 10.2. The highest BCUT2D eigenvalue weighted by atomic mass is 32.2. The van der Waals surface area contributed by atoms with Crippen LogP contribution in [0.3, 0.4) is 0 Å². The van der Waals surface area contributed by atoms with Gasteiger partial charge < -0.3 is 10.2 Å². The van der Waals surface area contributed by atoms with Gasteiger partial charge in [-0.05, 0) is 37.5 Å². The number of carbonyl (C=O) groups excluding carboxylic acids is 2. The predicted octanol–water partition coefficient (Wildman–Crippen LogP) is 2.61. The lowest BCUT2D eigenvalue weighted by Crippen LogP contribution is -2.50. The molecule has 1 N–H and O–H groups in total. The molecule has 2 rings (SSSR count). The van der Waals surface area contributed by atoms with E-state index in [0.29, 0.717) is 24.5 Å². The van der Waals surface area contributed by atoms with Gasteiger partial charge in [-0.2, -0.15) is 4.31 Å². The summed E-state index contributed by atoms with van der Waals surface area (Å²) in [7, 11) is -3.58. The average molecular weight is 438 g/mol. The van der Waals surface area contributed by atoms with Crippen LogP contribution in [0.5, 0.6) is 0 Å². The first kappa shape index (κ1) is 24.3. The van der Waals surface area contributed by atoms with Gasteiger partial charge in [0.25, 0.3) is 0 Å². The second-order valence-corrected chi connectivity index (χ2v) is 9.87. The molecule has 1 heterocycles. The molecule has 1 aromatic rings. The number of nitrogens with zero attached hydrogens (tertiary/aromatic N) is 2. The van der Waals surface area contributed by atoms with Crippen LogP contribution in [0.4, 0.5) is 0 Å². The smallest absolute Gasteiger partial charge is 0.243 e. The third-order valence-corrected chi connectivity index (χ3v) is 7.51. The minimum Gasteiger partial charge on any atom is -0.356 e. The summed E-state index contributed by atoms with van der Waals surface area (Å²) in [5.74, 6) is -0.198. The number of benzene rings is 1. The molecule has 1 aliphatic rings. The first-order valence-electron chi connectivity index (χ1n) is 10.9. The maximum Gasteiger partial charge on any atom is 0.243 e. The Labute approximate surface area is 180 Å². The third-order valence-electron chi connectivity index (χ3n) is 5.47. The maximum atomic E-state index is 13.0. The van der Waals surface area contributed by atoms with Crippen LogP contribution in [0.25, 0.3) is 0 Å². The molecule has 168 valence electrons. The summed E-state index contributed by atoms with van der Waals surface area (Å²) in [6.07, 6.45) is 4.72. The summed E-state index contributed by atoms with van der Waals surface area (Å²) in [6, 6.07) is 5.41. The van der Waals surface area contributed by atoms with Gasteiger partial charge >= 0.3 is 0 Å². The number of unbranched alkanes of at least 4 members (excludes halogenated alkanes) is 3. The van der Waals surface area contributed by atoms with Crippen LogP contribution >= 0.6 is 0 Å². The van der Waals surface area contributed by atoms with Crippen molar-refractivity contribution in [3.63, 3.8) is 0 Å². The molecule has 0 aliphatic carbocycles. The Morgan fingerprint density at radius 2 is 1.70 bits per heavy atom. The highest BCUT2D eigenvalue weighted by molar-refractivity contribution is 7.89. The van der Waals surface area contributed by atoms with Crippen LogP contribution in [-0.2, 0) is 19.6 Å². The average Bonchev–Trinajstić information content (AvgIpc) is 2.73. The van der Waals surface area contributed by atoms with E-state index in [9.17, 15) is 18.0 Å². The van der Waals surface area contributed by atoms with Crippen LogP contribution in [0.2, 0.25) is 0 Å². The molecule has 0 bridgehead atoms. The normalized spacial score (nSPS) is 15.2. The highest BCUT2D eigenvalue weighted by Gasteiger charge is 2.31. The zero-order valence-electron chi connectivity index (χ0n) is 18.4. The Morgan fingerprint density at radius 1 is 1.00 bits per heavy atom. The van der Waals surface area contributed by atoms with Gasteiger partial charge in [-0.25, -0.2) is 8.42 Å². The second-order valence-electron chi connectivity index (χ2n) is 7.96. The minimum atomic E-state index is -3.58. The standard InChI is InChI=1S/C22H35N3O4S/c1-4-5-6-7-12-23-21(26)10-11-22(27)24-13-15-25(16-14-24)30(28,29)20-17-18(2)8-9-19(20)3/h8-9,17H,4-7,10-16H2,1-3H3,(H,23,26). The van der Waals surface area contributed by atoms with Gasteiger partial charge in [0.05, 0.1) is 4.90 Å². The van der Waals surface area contributed by atoms with Crippen molar-refractivity contribution in [1.29, 1.82) is 0 Å². The molecule has 1 aliphatic heterocycles. The van der Waals surface area contributed by atoms with Crippen LogP contribution in [0.15, 0.2) is 23.1 Å². The molecule has 7 nitrogen and oxygen atoms in total. The first-order valence-corrected chi connectivity index (χ1v) is 12.3. The van der Waals surface area contributed by atoms with E-state index in [1.807, 2.05) is 19.1 Å². The van der Waals surface area contributed by atoms with Crippen molar-refractivity contribution >= 4 is 21.8 Å². The first-order chi connectivity index (χ1) is 14.3. The molecule has 0 unspecified atom stereocenters. The third kappa shape index (κ3) is 6.80. The molecule has 1 saturated heterocycles. The van der Waals surface area contributed by atoms with E-state index >= 15 is 0 Å². The topological polar surface area (TPSA) is 86.8 Å². The van der Waals surface area contributed by atoms with Gasteiger partial charge in [0.1, 0.15) is 0 Å². The Balaban J connectivity index is 1.79. The largest absolute Gasteiger partial charge is 0.356 e. The van der Waals surface area contributed by atoms with Gasteiger partial charge in [-0.1, -0.05) is 38.3 Å². The van der Waals surface area contributed by atoms with Crippen LogP contribution in [0.1, 0.15) is 56.6 Å². The molecule has 0 saturated carbocycles. The molecular formula is C22H35N3O4S. The van der Waals surface area contributed by atoms with Crippen LogP contribution in [-0.4, -0.2) is 62.2 Å². The number of piperazine rings is 1. The Hall–Kier alpha value is -1.93. The van der Waals surface area contributed by atoms with E-state index in [-0.39, 0.29) is 37.7 Å². The Morgan fingerprint density at radius 3 is 2.37 bits per heavy atom. The fourth-order valence-electron chi connectivity index (χ4n) is 3.55. The molecule has 8 heteroatoms. The quantitative estimate of drug-likeness (QED) is 0.570. The van der Waals surface area contributed by atoms with Gasteiger partial charge in [-0.3, -0.25) is 9.59 Å². The number of nitrogens with one attached hydrogen (secondary N) is 1. The fraction of sp³-hybridized carbons (Fsp3) is 0.636. The molecular weight excluding hydrogens is 402 g/mol. The molecule has 0 spiro atoms. The van der Waals surface area contributed by atoms with Crippen molar-refractivity contribution in [1.82, 2.24) is 14.5 Å². The van der Waals surface area contributed by atoms with Gasteiger partial charge in [0.15, 0.2) is 0 Å². The van der Waals surface area contributed by atoms with Crippen molar-refractivity contribution in [2.75, 3.05) is 32.7 Å². The number of hydrogen-bond acceptors (Lipinski definition) is 4. The monoisotopic (exact) mass is 437 g/mol. The van der Waals surface area contributed by atoms with Gasteiger partial charge in [0, 0.05) is 45.6 Å². The molecule has 0 radical (unpaired) electrons. The number of carbonyl (C=O) groups is 2. The van der Waals surface area contributed by atoms with E-state index < -0.39 is 10.0 Å². The van der Waals surface area contributed by atoms with Crippen molar-refractivity contribution in [3.8, 4) is 0 Å². The SMILES string of the molecule is CCCCCCNC(=O)CCC(=O)N1CCN(S(=O)(=O)c2cc(C)ccc2C)CC1. The van der Waals surface area contributed by atoms with Crippen LogP contribution in [0, 0.1) is 13.8 Å². The summed E-state index contributed by atoms with van der Waals surface area (Å²) in [4.78, 5) is 26.3. The highest BCUT2D eigenvalue weighted by Crippen LogP contribution is 2.22. The van der Waals surface area contributed by atoms with Crippen molar-refractivity contribution < 1.29 is 18.0 Å². The summed E-state index contributed by atoms with van der Waals surface area (Å²) in [6.45, 7) is 7.70. The number of rotatable bonds is 10. The van der Waals surface area contributed by atoms with E-state index in [1.54, 1.807) is 17.9 Å². The lowest BCUT2D eigenvalue weighted by molar-refractivity contribution is -0.134. The molecule has 0 aromatic heterocycles. The summed E-state index contributed by atoms with van der Waals surface area (Å²) in [5.41, 5.74) is 1.62. The van der Waals surface area contributed by atoms with E-state index in [1.165, 1.54) is 10.7 Å². The summed E-state index contributed by atoms with van der Waals surface area (Å²) < 4.78 is 27.4. The number of sulfonamides is 1. The Bertz CT molecular complexity index is 831. The van der Waals surface area contributed by atoms with Crippen molar-refractivity contribution in [3.05, 3.63) is 29.3 Å². The summed E-state index contributed by atoms with van der Waals surface area (Å²) >= 11 is 0. The zero-order chi connectivity index (χ0) is 22.1. The second kappa shape index (κ2) is 11.5. The maximum absolute atomic E-state index is 13.0. The van der Waals surface area contributed by atoms with E-state index in [2.05, 4.69) is 12.2 Å². The number of hydrogen-bond donors (Lipinski definition) is 1. The van der Waals surface area contributed by atoms with E-state index in [0.717, 1.165) is 30.4 Å². The number of aryl methyl sites for hydroxylation is 2. The molecule has 2 amide bonds. The predicted molar refractivity (Wildman–Crippen MR) is 118 cm³/mol. The van der Waals surface area contributed by atoms with Crippen LogP contribution < -0.4 is 5.32 Å². The molecule has 0 atom stereocenters. The van der Waals surface area contributed by atoms with E-state index in [4.69, 9.17) is 0 Å². The zero-order valence-corrected chi connectivity index (χ0v) is 19.3. The van der Waals surface area contributed by atoms with Gasteiger partial charge in [-0.15, -0.1) is 0 Å². The fourth-order valence-corrected chi connectivity index (χ4v) is 5.28. The number of amides is 2. The van der Waals surface area contributed by atoms with Crippen molar-refractivity contribution in [2.45, 2.75) is 64.2 Å². The Kier molecular flexibility index (Phi) is 9.30. The minimum absolute atomic E-state index is 0.0973. The summed E-state index contributed by atoms with van der Waals surface area (Å²) in [5, 5.41) is 2.86.